The molecule has 0 aliphatic carbocycles. The zero-order valence-corrected chi connectivity index (χ0v) is 8.95. The largest absolute Gasteiger partial charge is 0.371 e. The van der Waals surface area contributed by atoms with Gasteiger partial charge >= 0.3 is 0 Å². The summed E-state index contributed by atoms with van der Waals surface area (Å²) in [5.41, 5.74) is 2.26. The molecule has 2 heterocycles. The molecule has 16 heavy (non-hydrogen) atoms. The van der Waals surface area contributed by atoms with Gasteiger partial charge in [0.2, 0.25) is 0 Å². The zero-order valence-electron chi connectivity index (χ0n) is 8.95. The van der Waals surface area contributed by atoms with E-state index in [1.807, 2.05) is 12.1 Å². The number of hydrogen-bond acceptors (Lipinski definition) is 4. The molecule has 1 aromatic carbocycles. The second-order valence-electron chi connectivity index (χ2n) is 3.97. The molecule has 1 aliphatic heterocycles. The predicted octanol–water partition coefficient (Wildman–Crippen LogP) is 1.26. The van der Waals surface area contributed by atoms with Crippen LogP contribution in [0.25, 0.3) is 5.69 Å². The fourth-order valence-corrected chi connectivity index (χ4v) is 2.09. The molecule has 0 N–H and O–H groups in total. The first-order valence-corrected chi connectivity index (χ1v) is 5.52. The van der Waals surface area contributed by atoms with Crippen molar-refractivity contribution in [3.63, 3.8) is 0 Å². The Labute approximate surface area is 93.7 Å². The monoisotopic (exact) mass is 215 g/mol. The van der Waals surface area contributed by atoms with E-state index in [9.17, 15) is 0 Å². The summed E-state index contributed by atoms with van der Waals surface area (Å²) >= 11 is 0. The third-order valence-corrected chi connectivity index (χ3v) is 2.91. The van der Waals surface area contributed by atoms with E-state index in [0.717, 1.165) is 18.8 Å². The Hall–Kier alpha value is -1.91. The van der Waals surface area contributed by atoms with Crippen LogP contribution in [0.5, 0.6) is 0 Å². The van der Waals surface area contributed by atoms with Gasteiger partial charge in [0.05, 0.1) is 5.69 Å². The number of rotatable bonds is 2. The van der Waals surface area contributed by atoms with Crippen LogP contribution in [0.2, 0.25) is 0 Å². The summed E-state index contributed by atoms with van der Waals surface area (Å²) in [7, 11) is 0. The summed E-state index contributed by atoms with van der Waals surface area (Å²) in [6.07, 6.45) is 4.19. The van der Waals surface area contributed by atoms with Crippen molar-refractivity contribution >= 4 is 5.69 Å². The molecule has 0 spiro atoms. The maximum Gasteiger partial charge on any atom is 0.143 e. The standard InChI is InChI=1S/C11H13N5/c1-2-7-15(6-1)10-4-3-5-11(8-10)16-9-12-13-14-16/h3-5,8-9H,1-2,6-7H2. The number of benzene rings is 1. The summed E-state index contributed by atoms with van der Waals surface area (Å²) < 4.78 is 1.68. The van der Waals surface area contributed by atoms with Crippen LogP contribution in [-0.2, 0) is 0 Å². The van der Waals surface area contributed by atoms with Gasteiger partial charge < -0.3 is 4.90 Å². The molecule has 0 amide bonds. The van der Waals surface area contributed by atoms with Crippen LogP contribution in [-0.4, -0.2) is 33.3 Å². The van der Waals surface area contributed by atoms with E-state index in [4.69, 9.17) is 0 Å². The normalized spacial score (nSPS) is 15.6. The minimum atomic E-state index is 1.01. The minimum Gasteiger partial charge on any atom is -0.371 e. The quantitative estimate of drug-likeness (QED) is 0.756. The topological polar surface area (TPSA) is 46.8 Å². The fraction of sp³-hybridized carbons (Fsp3) is 0.364. The Kier molecular flexibility index (Phi) is 2.29. The number of tetrazole rings is 1. The highest BCUT2D eigenvalue weighted by molar-refractivity contribution is 5.53. The third kappa shape index (κ3) is 1.64. The second-order valence-corrected chi connectivity index (χ2v) is 3.97. The summed E-state index contributed by atoms with van der Waals surface area (Å²) in [5.74, 6) is 0. The van der Waals surface area contributed by atoms with Crippen LogP contribution in [0, 0.1) is 0 Å². The van der Waals surface area contributed by atoms with Crippen molar-refractivity contribution in [2.45, 2.75) is 12.8 Å². The lowest BCUT2D eigenvalue weighted by molar-refractivity contribution is 0.788. The lowest BCUT2D eigenvalue weighted by Gasteiger charge is -2.17. The molecule has 0 bridgehead atoms. The van der Waals surface area contributed by atoms with Gasteiger partial charge in [0, 0.05) is 18.8 Å². The summed E-state index contributed by atoms with van der Waals surface area (Å²) in [4.78, 5) is 2.40. The van der Waals surface area contributed by atoms with Gasteiger partial charge in [-0.2, -0.15) is 0 Å². The lowest BCUT2D eigenvalue weighted by Crippen LogP contribution is -2.17. The lowest BCUT2D eigenvalue weighted by atomic mass is 10.2. The Balaban J connectivity index is 1.93. The fourth-order valence-electron chi connectivity index (χ4n) is 2.09. The van der Waals surface area contributed by atoms with Gasteiger partial charge in [0.25, 0.3) is 0 Å². The Morgan fingerprint density at radius 2 is 1.88 bits per heavy atom. The minimum absolute atomic E-state index is 1.01. The average Bonchev–Trinajstić information content (AvgIpc) is 3.03. The number of anilines is 1. The molecule has 82 valence electrons. The summed E-state index contributed by atoms with van der Waals surface area (Å²) in [5, 5.41) is 11.2. The van der Waals surface area contributed by atoms with Crippen LogP contribution in [0.3, 0.4) is 0 Å². The van der Waals surface area contributed by atoms with Crippen molar-refractivity contribution in [1.82, 2.24) is 20.2 Å². The first-order valence-electron chi connectivity index (χ1n) is 5.52. The highest BCUT2D eigenvalue weighted by atomic mass is 15.5. The third-order valence-electron chi connectivity index (χ3n) is 2.91. The molecule has 3 rings (SSSR count). The highest BCUT2D eigenvalue weighted by Crippen LogP contribution is 2.22. The van der Waals surface area contributed by atoms with E-state index in [2.05, 4.69) is 32.6 Å². The molecule has 0 saturated carbocycles. The molecule has 5 heteroatoms. The second kappa shape index (κ2) is 3.92. The van der Waals surface area contributed by atoms with E-state index in [1.54, 1.807) is 11.0 Å². The van der Waals surface area contributed by atoms with Gasteiger partial charge in [-0.15, -0.1) is 5.10 Å². The number of hydrogen-bond donors (Lipinski definition) is 0. The smallest absolute Gasteiger partial charge is 0.143 e. The summed E-state index contributed by atoms with van der Waals surface area (Å²) in [6.45, 7) is 2.30. The van der Waals surface area contributed by atoms with Crippen molar-refractivity contribution in [3.05, 3.63) is 30.6 Å². The Morgan fingerprint density at radius 3 is 2.62 bits per heavy atom. The van der Waals surface area contributed by atoms with Crippen LogP contribution in [0.15, 0.2) is 30.6 Å². The van der Waals surface area contributed by atoms with Gasteiger partial charge in [-0.3, -0.25) is 0 Å². The van der Waals surface area contributed by atoms with Crippen LogP contribution in [0.4, 0.5) is 5.69 Å². The van der Waals surface area contributed by atoms with Gasteiger partial charge in [-0.25, -0.2) is 4.68 Å². The van der Waals surface area contributed by atoms with Gasteiger partial charge in [0.1, 0.15) is 6.33 Å². The zero-order chi connectivity index (χ0) is 10.8. The number of nitrogens with zero attached hydrogens (tertiary/aromatic N) is 5. The van der Waals surface area contributed by atoms with E-state index in [1.165, 1.54) is 18.5 Å². The van der Waals surface area contributed by atoms with Crippen molar-refractivity contribution in [2.24, 2.45) is 0 Å². The van der Waals surface area contributed by atoms with Gasteiger partial charge in [-0.1, -0.05) is 6.07 Å². The molecule has 0 unspecified atom stereocenters. The predicted molar refractivity (Wildman–Crippen MR) is 60.6 cm³/mol. The van der Waals surface area contributed by atoms with Crippen LogP contribution >= 0.6 is 0 Å². The summed E-state index contributed by atoms with van der Waals surface area (Å²) in [6, 6.07) is 8.32. The van der Waals surface area contributed by atoms with Gasteiger partial charge in [-0.05, 0) is 41.5 Å². The van der Waals surface area contributed by atoms with Crippen molar-refractivity contribution in [2.75, 3.05) is 18.0 Å². The molecule has 1 saturated heterocycles. The molecule has 5 nitrogen and oxygen atoms in total. The molecule has 1 aromatic heterocycles. The molecule has 0 radical (unpaired) electrons. The van der Waals surface area contributed by atoms with E-state index < -0.39 is 0 Å². The first-order chi connectivity index (χ1) is 7.93. The van der Waals surface area contributed by atoms with Crippen LogP contribution < -0.4 is 4.90 Å². The average molecular weight is 215 g/mol. The van der Waals surface area contributed by atoms with Crippen molar-refractivity contribution in [1.29, 1.82) is 0 Å². The van der Waals surface area contributed by atoms with E-state index in [-0.39, 0.29) is 0 Å². The molecule has 2 aromatic rings. The molecular weight excluding hydrogens is 202 g/mol. The maximum absolute atomic E-state index is 3.89. The van der Waals surface area contributed by atoms with Crippen molar-refractivity contribution in [3.8, 4) is 5.69 Å². The highest BCUT2D eigenvalue weighted by Gasteiger charge is 2.12. The number of aromatic nitrogens is 4. The Bertz CT molecular complexity index is 459. The molecule has 0 atom stereocenters. The van der Waals surface area contributed by atoms with Gasteiger partial charge in [0.15, 0.2) is 0 Å². The SMILES string of the molecule is c1cc(N2CCCC2)cc(-n2cnnn2)c1. The van der Waals surface area contributed by atoms with Crippen LogP contribution in [0.1, 0.15) is 12.8 Å². The molecule has 1 fully saturated rings. The van der Waals surface area contributed by atoms with Crippen molar-refractivity contribution < 1.29 is 0 Å². The maximum atomic E-state index is 3.89. The molecular formula is C11H13N5. The Morgan fingerprint density at radius 1 is 1.06 bits per heavy atom. The first kappa shape index (κ1) is 9.33. The van der Waals surface area contributed by atoms with E-state index >= 15 is 0 Å². The molecule has 1 aliphatic rings. The van der Waals surface area contributed by atoms with E-state index in [0.29, 0.717) is 0 Å².